The SMILES string of the molecule is C[C@@H]1CN(c2ncnc3c2c(-c2ccccc2F)cn3-c2cncc(C#N)c2)[C@@H](C)CN1C(=O)OC(C)(C)C. The fraction of sp³-hybridized carbons (Fsp3) is 0.345. The smallest absolute Gasteiger partial charge is 0.410 e. The number of benzene rings is 1. The normalized spacial score (nSPS) is 17.8. The highest BCUT2D eigenvalue weighted by Gasteiger charge is 2.36. The van der Waals surface area contributed by atoms with Gasteiger partial charge in [-0.2, -0.15) is 5.26 Å². The van der Waals surface area contributed by atoms with Crippen LogP contribution in [-0.2, 0) is 4.74 Å². The number of aromatic nitrogens is 4. The van der Waals surface area contributed by atoms with Crippen LogP contribution in [0.15, 0.2) is 55.2 Å². The summed E-state index contributed by atoms with van der Waals surface area (Å²) in [5.74, 6) is 0.274. The van der Waals surface area contributed by atoms with Crippen LogP contribution in [0, 0.1) is 17.1 Å². The summed E-state index contributed by atoms with van der Waals surface area (Å²) in [6.07, 6.45) is 6.07. The summed E-state index contributed by atoms with van der Waals surface area (Å²) >= 11 is 0. The summed E-state index contributed by atoms with van der Waals surface area (Å²) in [5.41, 5.74) is 2.03. The van der Waals surface area contributed by atoms with Gasteiger partial charge < -0.3 is 14.5 Å². The molecule has 0 radical (unpaired) electrons. The van der Waals surface area contributed by atoms with Crippen molar-refractivity contribution in [3.8, 4) is 22.9 Å². The lowest BCUT2D eigenvalue weighted by Gasteiger charge is -2.44. The van der Waals surface area contributed by atoms with Crippen LogP contribution < -0.4 is 4.90 Å². The fourth-order valence-corrected chi connectivity index (χ4v) is 4.96. The van der Waals surface area contributed by atoms with E-state index in [1.54, 1.807) is 39.9 Å². The molecule has 1 aliphatic rings. The number of ether oxygens (including phenoxy) is 1. The van der Waals surface area contributed by atoms with Crippen molar-refractivity contribution in [1.29, 1.82) is 5.26 Å². The Balaban J connectivity index is 1.64. The van der Waals surface area contributed by atoms with E-state index in [9.17, 15) is 10.1 Å². The maximum Gasteiger partial charge on any atom is 0.410 e. The Labute approximate surface area is 226 Å². The molecular weight excluding hydrogens is 497 g/mol. The molecule has 0 N–H and O–H groups in total. The first kappa shape index (κ1) is 26.1. The second-order valence-electron chi connectivity index (χ2n) is 10.8. The average molecular weight is 528 g/mol. The second kappa shape index (κ2) is 9.98. The molecule has 1 fully saturated rings. The van der Waals surface area contributed by atoms with Crippen LogP contribution in [0.3, 0.4) is 0 Å². The molecule has 2 atom stereocenters. The van der Waals surface area contributed by atoms with Gasteiger partial charge in [0.15, 0.2) is 5.65 Å². The van der Waals surface area contributed by atoms with E-state index in [-0.39, 0.29) is 24.0 Å². The number of hydrogen-bond donors (Lipinski definition) is 0. The number of rotatable bonds is 3. The number of pyridine rings is 1. The Hall–Kier alpha value is -4.52. The number of nitrogens with zero attached hydrogens (tertiary/aromatic N) is 7. The minimum Gasteiger partial charge on any atom is -0.444 e. The zero-order valence-electron chi connectivity index (χ0n) is 22.6. The second-order valence-corrected chi connectivity index (χ2v) is 10.8. The van der Waals surface area contributed by atoms with Gasteiger partial charge in [-0.1, -0.05) is 18.2 Å². The molecule has 9 nitrogen and oxygen atoms in total. The van der Waals surface area contributed by atoms with Crippen molar-refractivity contribution in [2.75, 3.05) is 18.0 Å². The summed E-state index contributed by atoms with van der Waals surface area (Å²) in [6.45, 7) is 10.5. The van der Waals surface area contributed by atoms with E-state index in [1.165, 1.54) is 18.6 Å². The molecule has 10 heteroatoms. The van der Waals surface area contributed by atoms with E-state index in [2.05, 4.69) is 25.9 Å². The third-order valence-corrected chi connectivity index (χ3v) is 6.74. The van der Waals surface area contributed by atoms with Crippen molar-refractivity contribution < 1.29 is 13.9 Å². The van der Waals surface area contributed by atoms with Gasteiger partial charge in [0, 0.05) is 48.7 Å². The predicted molar refractivity (Wildman–Crippen MR) is 146 cm³/mol. The number of carbonyl (C=O) groups is 1. The lowest BCUT2D eigenvalue weighted by molar-refractivity contribution is 0.0130. The Kier molecular flexibility index (Phi) is 6.68. The number of fused-ring (bicyclic) bond motifs is 1. The van der Waals surface area contributed by atoms with Crippen LogP contribution in [0.1, 0.15) is 40.2 Å². The van der Waals surface area contributed by atoms with Gasteiger partial charge in [-0.15, -0.1) is 0 Å². The molecule has 5 rings (SSSR count). The standard InChI is InChI=1S/C29H30FN7O2/c1-18-15-36(28(38)39-29(3,4)5)19(2)14-35(18)26-25-23(22-8-6-7-9-24(22)30)16-37(27(25)34-17-33-26)21-10-20(11-31)12-32-13-21/h6-10,12-13,16-19H,14-15H2,1-5H3/t18-,19+/m0/s1. The largest absolute Gasteiger partial charge is 0.444 e. The molecule has 0 aliphatic carbocycles. The molecule has 0 bridgehead atoms. The molecule has 3 aromatic heterocycles. The van der Waals surface area contributed by atoms with Gasteiger partial charge in [0.25, 0.3) is 0 Å². The van der Waals surface area contributed by atoms with Crippen molar-refractivity contribution in [3.63, 3.8) is 0 Å². The first-order chi connectivity index (χ1) is 18.6. The van der Waals surface area contributed by atoms with Gasteiger partial charge in [0.05, 0.1) is 22.8 Å². The topological polar surface area (TPSA) is 100 Å². The van der Waals surface area contributed by atoms with Crippen LogP contribution >= 0.6 is 0 Å². The molecule has 39 heavy (non-hydrogen) atoms. The number of hydrogen-bond acceptors (Lipinski definition) is 7. The maximum absolute atomic E-state index is 15.1. The van der Waals surface area contributed by atoms with E-state index < -0.39 is 5.60 Å². The zero-order chi connectivity index (χ0) is 27.9. The lowest BCUT2D eigenvalue weighted by atomic mass is 10.0. The molecule has 1 amide bonds. The number of carbonyl (C=O) groups excluding carboxylic acids is 1. The van der Waals surface area contributed by atoms with Crippen molar-refractivity contribution in [2.45, 2.75) is 52.3 Å². The molecular formula is C29H30FN7O2. The Morgan fingerprint density at radius 2 is 1.87 bits per heavy atom. The van der Waals surface area contributed by atoms with Gasteiger partial charge in [-0.05, 0) is 46.8 Å². The molecule has 0 unspecified atom stereocenters. The zero-order valence-corrected chi connectivity index (χ0v) is 22.6. The third kappa shape index (κ3) is 5.00. The Morgan fingerprint density at radius 1 is 1.10 bits per heavy atom. The highest BCUT2D eigenvalue weighted by atomic mass is 19.1. The average Bonchev–Trinajstić information content (AvgIpc) is 3.29. The van der Waals surface area contributed by atoms with Crippen LogP contribution in [0.2, 0.25) is 0 Å². The van der Waals surface area contributed by atoms with E-state index >= 15 is 4.39 Å². The summed E-state index contributed by atoms with van der Waals surface area (Å²) in [6, 6.07) is 10.1. The summed E-state index contributed by atoms with van der Waals surface area (Å²) in [4.78, 5) is 30.2. The molecule has 1 aliphatic heterocycles. The van der Waals surface area contributed by atoms with E-state index in [1.807, 2.05) is 40.8 Å². The van der Waals surface area contributed by atoms with E-state index in [0.29, 0.717) is 52.3 Å². The predicted octanol–water partition coefficient (Wildman–Crippen LogP) is 5.33. The summed E-state index contributed by atoms with van der Waals surface area (Å²) in [7, 11) is 0. The van der Waals surface area contributed by atoms with Gasteiger partial charge >= 0.3 is 6.09 Å². The Bertz CT molecular complexity index is 1590. The molecule has 4 aromatic rings. The molecule has 0 spiro atoms. The van der Waals surface area contributed by atoms with Gasteiger partial charge in [-0.25, -0.2) is 19.2 Å². The Morgan fingerprint density at radius 3 is 2.59 bits per heavy atom. The molecule has 1 aromatic carbocycles. The van der Waals surface area contributed by atoms with Crippen LogP contribution in [-0.4, -0.2) is 61.3 Å². The first-order valence-electron chi connectivity index (χ1n) is 12.8. The lowest BCUT2D eigenvalue weighted by Crippen LogP contribution is -2.59. The minimum absolute atomic E-state index is 0.104. The quantitative estimate of drug-likeness (QED) is 0.355. The van der Waals surface area contributed by atoms with Crippen molar-refractivity contribution in [1.82, 2.24) is 24.4 Å². The molecule has 1 saturated heterocycles. The monoisotopic (exact) mass is 527 g/mol. The molecule has 0 saturated carbocycles. The summed E-state index contributed by atoms with van der Waals surface area (Å²) < 4.78 is 22.6. The van der Waals surface area contributed by atoms with E-state index in [0.717, 1.165) is 0 Å². The summed E-state index contributed by atoms with van der Waals surface area (Å²) in [5, 5.41) is 10.1. The number of halogens is 1. The number of piperazine rings is 1. The van der Waals surface area contributed by atoms with Crippen molar-refractivity contribution in [2.24, 2.45) is 0 Å². The van der Waals surface area contributed by atoms with Crippen LogP contribution in [0.25, 0.3) is 27.8 Å². The highest BCUT2D eigenvalue weighted by molar-refractivity contribution is 6.02. The maximum atomic E-state index is 15.1. The number of anilines is 1. The first-order valence-corrected chi connectivity index (χ1v) is 12.8. The van der Waals surface area contributed by atoms with Gasteiger partial charge in [0.2, 0.25) is 0 Å². The number of amides is 1. The molecule has 200 valence electrons. The van der Waals surface area contributed by atoms with Crippen molar-refractivity contribution in [3.05, 3.63) is 66.6 Å². The van der Waals surface area contributed by atoms with Crippen LogP contribution in [0.5, 0.6) is 0 Å². The highest BCUT2D eigenvalue weighted by Crippen LogP contribution is 2.39. The number of nitriles is 1. The molecule has 4 heterocycles. The van der Waals surface area contributed by atoms with Gasteiger partial charge in [-0.3, -0.25) is 9.55 Å². The van der Waals surface area contributed by atoms with Crippen molar-refractivity contribution >= 4 is 22.9 Å². The fourth-order valence-electron chi connectivity index (χ4n) is 4.96. The van der Waals surface area contributed by atoms with E-state index in [4.69, 9.17) is 4.74 Å². The third-order valence-electron chi connectivity index (χ3n) is 6.74. The minimum atomic E-state index is -0.592. The van der Waals surface area contributed by atoms with Gasteiger partial charge in [0.1, 0.15) is 29.6 Å². The van der Waals surface area contributed by atoms with Crippen LogP contribution in [0.4, 0.5) is 15.0 Å².